The van der Waals surface area contributed by atoms with Crippen LogP contribution in [-0.2, 0) is 21.2 Å². The Hall–Kier alpha value is -3.12. The van der Waals surface area contributed by atoms with Crippen LogP contribution >= 0.6 is 0 Å². The summed E-state index contributed by atoms with van der Waals surface area (Å²) in [6.45, 7) is 9.30. The van der Waals surface area contributed by atoms with Crippen molar-refractivity contribution in [3.8, 4) is 0 Å². The van der Waals surface area contributed by atoms with E-state index in [9.17, 15) is 13.2 Å². The van der Waals surface area contributed by atoms with Gasteiger partial charge in [0.2, 0.25) is 5.91 Å². The monoisotopic (exact) mass is 464 g/mol. The highest BCUT2D eigenvalue weighted by atomic mass is 32.2. The van der Waals surface area contributed by atoms with Gasteiger partial charge in [-0.15, -0.1) is 0 Å². The number of nitrogens with one attached hydrogen (secondary N) is 1. The lowest BCUT2D eigenvalue weighted by atomic mass is 9.95. The molecule has 0 aliphatic rings. The Balaban J connectivity index is 1.91. The van der Waals surface area contributed by atoms with Gasteiger partial charge >= 0.3 is 0 Å². The van der Waals surface area contributed by atoms with Gasteiger partial charge in [-0.25, -0.2) is 8.42 Å². The third-order valence-electron chi connectivity index (χ3n) is 5.36. The van der Waals surface area contributed by atoms with Crippen LogP contribution in [0.2, 0.25) is 0 Å². The van der Waals surface area contributed by atoms with Crippen LogP contribution < -0.4 is 9.62 Å². The molecule has 0 aliphatic carbocycles. The van der Waals surface area contributed by atoms with Crippen LogP contribution in [0.5, 0.6) is 0 Å². The number of anilines is 1. The van der Waals surface area contributed by atoms with Crippen molar-refractivity contribution in [2.45, 2.75) is 51.5 Å². The van der Waals surface area contributed by atoms with Crippen molar-refractivity contribution in [2.75, 3.05) is 10.8 Å². The third-order valence-corrected chi connectivity index (χ3v) is 7.15. The average molecular weight is 465 g/mol. The zero-order valence-electron chi connectivity index (χ0n) is 19.9. The van der Waals surface area contributed by atoms with Crippen molar-refractivity contribution >= 4 is 21.6 Å². The van der Waals surface area contributed by atoms with E-state index in [1.165, 1.54) is 4.31 Å². The molecule has 33 heavy (non-hydrogen) atoms. The predicted octanol–water partition coefficient (Wildman–Crippen LogP) is 4.94. The van der Waals surface area contributed by atoms with Gasteiger partial charge < -0.3 is 5.32 Å². The Morgan fingerprint density at radius 1 is 0.848 bits per heavy atom. The molecule has 0 bridgehead atoms. The minimum absolute atomic E-state index is 0.156. The minimum Gasteiger partial charge on any atom is -0.349 e. The number of carbonyl (C=O) groups is 1. The molecule has 0 spiro atoms. The Morgan fingerprint density at radius 3 is 2.00 bits per heavy atom. The number of aryl methyl sites for hydroxylation is 3. The zero-order chi connectivity index (χ0) is 24.2. The highest BCUT2D eigenvalue weighted by molar-refractivity contribution is 7.92. The molecule has 0 unspecified atom stereocenters. The highest BCUT2D eigenvalue weighted by Crippen LogP contribution is 2.26. The molecule has 1 amide bonds. The van der Waals surface area contributed by atoms with Gasteiger partial charge in [0.15, 0.2) is 0 Å². The van der Waals surface area contributed by atoms with Crippen molar-refractivity contribution < 1.29 is 13.2 Å². The molecule has 3 aromatic carbocycles. The normalized spacial score (nSPS) is 11.8. The number of hydrogen-bond donors (Lipinski definition) is 1. The maximum atomic E-state index is 13.6. The van der Waals surface area contributed by atoms with E-state index in [1.54, 1.807) is 36.4 Å². The summed E-state index contributed by atoms with van der Waals surface area (Å²) >= 11 is 0. The van der Waals surface area contributed by atoms with Crippen molar-refractivity contribution in [1.29, 1.82) is 0 Å². The highest BCUT2D eigenvalue weighted by Gasteiger charge is 2.29. The molecule has 0 radical (unpaired) electrons. The van der Waals surface area contributed by atoms with E-state index in [-0.39, 0.29) is 17.3 Å². The molecule has 5 nitrogen and oxygen atoms in total. The molecular weight excluding hydrogens is 432 g/mol. The van der Waals surface area contributed by atoms with Gasteiger partial charge in [-0.1, -0.05) is 54.1 Å². The second-order valence-electron chi connectivity index (χ2n) is 9.27. The van der Waals surface area contributed by atoms with Gasteiger partial charge in [-0.3, -0.25) is 9.10 Å². The molecule has 174 valence electrons. The first kappa shape index (κ1) is 24.5. The first-order valence-corrected chi connectivity index (χ1v) is 12.4. The van der Waals surface area contributed by atoms with E-state index in [1.807, 2.05) is 71.0 Å². The molecule has 3 aromatic rings. The Labute approximate surface area is 197 Å². The number of carbonyl (C=O) groups excluding carboxylic acids is 1. The second kappa shape index (κ2) is 9.79. The summed E-state index contributed by atoms with van der Waals surface area (Å²) in [6, 6.07) is 22.1. The first-order chi connectivity index (χ1) is 15.5. The van der Waals surface area contributed by atoms with Gasteiger partial charge in [0.05, 0.1) is 10.6 Å². The summed E-state index contributed by atoms with van der Waals surface area (Å²) < 4.78 is 28.4. The minimum atomic E-state index is -3.94. The molecule has 0 fully saturated rings. The number of hydrogen-bond acceptors (Lipinski definition) is 3. The van der Waals surface area contributed by atoms with Crippen molar-refractivity contribution in [1.82, 2.24) is 5.32 Å². The van der Waals surface area contributed by atoms with Crippen LogP contribution in [0.3, 0.4) is 0 Å². The maximum Gasteiger partial charge on any atom is 0.264 e. The Bertz CT molecular complexity index is 1200. The lowest BCUT2D eigenvalue weighted by Crippen LogP contribution is -2.50. The van der Waals surface area contributed by atoms with Crippen molar-refractivity contribution in [2.24, 2.45) is 0 Å². The summed E-state index contributed by atoms with van der Waals surface area (Å²) in [4.78, 5) is 13.3. The zero-order valence-corrected chi connectivity index (χ0v) is 20.7. The Kier molecular flexibility index (Phi) is 7.28. The fourth-order valence-corrected chi connectivity index (χ4v) is 5.35. The van der Waals surface area contributed by atoms with Gasteiger partial charge in [-0.05, 0) is 82.0 Å². The van der Waals surface area contributed by atoms with Gasteiger partial charge in [0.25, 0.3) is 10.0 Å². The van der Waals surface area contributed by atoms with E-state index in [4.69, 9.17) is 0 Å². The molecule has 6 heteroatoms. The van der Waals surface area contributed by atoms with Crippen LogP contribution in [-0.4, -0.2) is 26.4 Å². The second-order valence-corrected chi connectivity index (χ2v) is 11.1. The Morgan fingerprint density at radius 2 is 1.42 bits per heavy atom. The van der Waals surface area contributed by atoms with E-state index >= 15 is 0 Å². The van der Waals surface area contributed by atoms with Crippen LogP contribution in [0, 0.1) is 20.8 Å². The fraction of sp³-hybridized carbons (Fsp3) is 0.296. The molecule has 0 heterocycles. The van der Waals surface area contributed by atoms with Gasteiger partial charge in [0, 0.05) is 5.54 Å². The summed E-state index contributed by atoms with van der Waals surface area (Å²) in [6.07, 6.45) is 0.633. The van der Waals surface area contributed by atoms with Crippen LogP contribution in [0.15, 0.2) is 77.7 Å². The fourth-order valence-electron chi connectivity index (χ4n) is 3.94. The number of benzene rings is 3. The van der Waals surface area contributed by atoms with E-state index in [2.05, 4.69) is 5.32 Å². The van der Waals surface area contributed by atoms with E-state index < -0.39 is 15.6 Å². The number of amides is 1. The summed E-state index contributed by atoms with van der Waals surface area (Å²) in [5.74, 6) is -0.356. The molecule has 0 saturated carbocycles. The molecule has 0 atom stereocenters. The lowest BCUT2D eigenvalue weighted by molar-refractivity contribution is -0.121. The number of sulfonamides is 1. The number of rotatable bonds is 8. The quantitative estimate of drug-likeness (QED) is 0.513. The summed E-state index contributed by atoms with van der Waals surface area (Å²) in [5.41, 5.74) is 3.86. The average Bonchev–Trinajstić information content (AvgIpc) is 2.71. The molecular formula is C27H32N2O3S. The van der Waals surface area contributed by atoms with Crippen LogP contribution in [0.4, 0.5) is 5.69 Å². The van der Waals surface area contributed by atoms with E-state index in [0.717, 1.165) is 22.3 Å². The van der Waals surface area contributed by atoms with Crippen LogP contribution in [0.25, 0.3) is 0 Å². The molecule has 0 aromatic heterocycles. The third kappa shape index (κ3) is 6.45. The van der Waals surface area contributed by atoms with Gasteiger partial charge in [0.1, 0.15) is 6.54 Å². The van der Waals surface area contributed by atoms with Crippen molar-refractivity contribution in [3.63, 3.8) is 0 Å². The topological polar surface area (TPSA) is 66.5 Å². The SMILES string of the molecule is Cc1ccc(S(=O)(=O)N(CC(=O)NC(C)(C)Cc2ccccc2)c2cc(C)cc(C)c2)cc1. The summed E-state index contributed by atoms with van der Waals surface area (Å²) in [7, 11) is -3.94. The van der Waals surface area contributed by atoms with Crippen LogP contribution in [0.1, 0.15) is 36.1 Å². The van der Waals surface area contributed by atoms with E-state index in [0.29, 0.717) is 12.1 Å². The van der Waals surface area contributed by atoms with Crippen molar-refractivity contribution in [3.05, 3.63) is 95.1 Å². The largest absolute Gasteiger partial charge is 0.349 e. The number of nitrogens with zero attached hydrogens (tertiary/aromatic N) is 1. The maximum absolute atomic E-state index is 13.6. The standard InChI is InChI=1S/C27H32N2O3S/c1-20-11-13-25(14-12-20)33(31,32)29(24-16-21(2)15-22(3)17-24)19-26(30)28-27(4,5)18-23-9-7-6-8-10-23/h6-17H,18-19H2,1-5H3,(H,28,30). The lowest BCUT2D eigenvalue weighted by Gasteiger charge is -2.30. The molecule has 3 rings (SSSR count). The molecule has 0 saturated heterocycles. The smallest absolute Gasteiger partial charge is 0.264 e. The molecule has 1 N–H and O–H groups in total. The molecule has 0 aliphatic heterocycles. The predicted molar refractivity (Wildman–Crippen MR) is 134 cm³/mol. The summed E-state index contributed by atoms with van der Waals surface area (Å²) in [5, 5.41) is 3.02. The first-order valence-electron chi connectivity index (χ1n) is 11.0. The van der Waals surface area contributed by atoms with Gasteiger partial charge in [-0.2, -0.15) is 0 Å².